The topological polar surface area (TPSA) is 91.3 Å². The van der Waals surface area contributed by atoms with Gasteiger partial charge >= 0.3 is 5.97 Å². The third-order valence-corrected chi connectivity index (χ3v) is 2.59. The van der Waals surface area contributed by atoms with Crippen LogP contribution < -0.4 is 10.6 Å². The third-order valence-electron chi connectivity index (χ3n) is 2.59. The summed E-state index contributed by atoms with van der Waals surface area (Å²) in [5.41, 5.74) is 1.15. The molecule has 1 heterocycles. The number of anilines is 1. The average Bonchev–Trinajstić information content (AvgIpc) is 2.35. The summed E-state index contributed by atoms with van der Waals surface area (Å²) < 4.78 is 0. The average molecular weight is 265 g/mol. The fraction of sp³-hybridized carbons (Fsp3) is 0.462. The van der Waals surface area contributed by atoms with Crippen LogP contribution in [0, 0.1) is 6.92 Å². The van der Waals surface area contributed by atoms with Crippen molar-refractivity contribution in [3.63, 3.8) is 0 Å². The Balaban J connectivity index is 2.83. The summed E-state index contributed by atoms with van der Waals surface area (Å²) in [5, 5.41) is 14.7. The SMILES string of the molecule is CCCNC(=O)C(C)Nc1cc(C)ncc1C(=O)O. The highest BCUT2D eigenvalue weighted by molar-refractivity contribution is 5.95. The number of nitrogens with one attached hydrogen (secondary N) is 2. The summed E-state index contributed by atoms with van der Waals surface area (Å²) in [6.45, 7) is 6.02. The van der Waals surface area contributed by atoms with Gasteiger partial charge in [0.05, 0.1) is 5.69 Å². The Labute approximate surface area is 112 Å². The van der Waals surface area contributed by atoms with Gasteiger partial charge in [-0.05, 0) is 26.3 Å². The number of aryl methyl sites for hydroxylation is 1. The minimum Gasteiger partial charge on any atom is -0.478 e. The minimum atomic E-state index is -1.07. The molecule has 0 fully saturated rings. The molecule has 1 aromatic rings. The monoisotopic (exact) mass is 265 g/mol. The minimum absolute atomic E-state index is 0.0562. The maximum absolute atomic E-state index is 11.7. The number of nitrogens with zero attached hydrogens (tertiary/aromatic N) is 1. The second-order valence-corrected chi connectivity index (χ2v) is 4.33. The van der Waals surface area contributed by atoms with Gasteiger partial charge in [-0.2, -0.15) is 0 Å². The lowest BCUT2D eigenvalue weighted by Gasteiger charge is -2.16. The molecular weight excluding hydrogens is 246 g/mol. The molecule has 0 bridgehead atoms. The van der Waals surface area contributed by atoms with E-state index in [9.17, 15) is 9.59 Å². The Morgan fingerprint density at radius 3 is 2.74 bits per heavy atom. The third kappa shape index (κ3) is 4.24. The summed E-state index contributed by atoms with van der Waals surface area (Å²) >= 11 is 0. The molecule has 1 amide bonds. The molecule has 0 aliphatic heterocycles. The van der Waals surface area contributed by atoms with Gasteiger partial charge in [-0.1, -0.05) is 6.92 Å². The number of hydrogen-bond acceptors (Lipinski definition) is 4. The first-order valence-corrected chi connectivity index (χ1v) is 6.20. The molecule has 0 saturated heterocycles. The molecule has 6 nitrogen and oxygen atoms in total. The molecule has 0 aliphatic carbocycles. The predicted molar refractivity (Wildman–Crippen MR) is 72.3 cm³/mol. The Kier molecular flexibility index (Phi) is 5.29. The van der Waals surface area contributed by atoms with Gasteiger partial charge in [0.2, 0.25) is 5.91 Å². The van der Waals surface area contributed by atoms with Crippen molar-refractivity contribution >= 4 is 17.6 Å². The van der Waals surface area contributed by atoms with E-state index in [-0.39, 0.29) is 11.5 Å². The number of aromatic carboxylic acids is 1. The van der Waals surface area contributed by atoms with Crippen molar-refractivity contribution in [2.24, 2.45) is 0 Å². The number of pyridine rings is 1. The number of amides is 1. The summed E-state index contributed by atoms with van der Waals surface area (Å²) in [6.07, 6.45) is 2.14. The standard InChI is InChI=1S/C13H19N3O3/c1-4-5-14-12(17)9(3)16-11-6-8(2)15-7-10(11)13(18)19/h6-7,9H,4-5H2,1-3H3,(H,14,17)(H,15,16)(H,18,19). The maximum atomic E-state index is 11.7. The van der Waals surface area contributed by atoms with Crippen molar-refractivity contribution in [3.8, 4) is 0 Å². The molecule has 0 aliphatic rings. The van der Waals surface area contributed by atoms with Crippen LogP contribution in [0.3, 0.4) is 0 Å². The van der Waals surface area contributed by atoms with Crippen molar-refractivity contribution in [1.82, 2.24) is 10.3 Å². The normalized spacial score (nSPS) is 11.7. The van der Waals surface area contributed by atoms with E-state index < -0.39 is 12.0 Å². The molecule has 0 aromatic carbocycles. The summed E-state index contributed by atoms with van der Waals surface area (Å²) in [5.74, 6) is -1.23. The molecule has 1 rings (SSSR count). The molecule has 1 unspecified atom stereocenters. The zero-order valence-electron chi connectivity index (χ0n) is 11.4. The van der Waals surface area contributed by atoms with Gasteiger partial charge in [0.15, 0.2) is 0 Å². The lowest BCUT2D eigenvalue weighted by molar-refractivity contribution is -0.121. The van der Waals surface area contributed by atoms with Crippen LogP contribution in [-0.2, 0) is 4.79 Å². The van der Waals surface area contributed by atoms with Crippen LogP contribution in [0.15, 0.2) is 12.3 Å². The summed E-state index contributed by atoms with van der Waals surface area (Å²) in [6, 6.07) is 1.11. The molecule has 1 aromatic heterocycles. The molecule has 1 atom stereocenters. The van der Waals surface area contributed by atoms with Gasteiger partial charge in [0, 0.05) is 18.4 Å². The number of carboxylic acids is 1. The molecule has 0 spiro atoms. The van der Waals surface area contributed by atoms with Crippen molar-refractivity contribution in [2.75, 3.05) is 11.9 Å². The number of aromatic nitrogens is 1. The van der Waals surface area contributed by atoms with Crippen LogP contribution in [0.5, 0.6) is 0 Å². The highest BCUT2D eigenvalue weighted by Crippen LogP contribution is 2.16. The van der Waals surface area contributed by atoms with Crippen LogP contribution >= 0.6 is 0 Å². The molecule has 0 radical (unpaired) electrons. The first-order valence-electron chi connectivity index (χ1n) is 6.20. The molecule has 6 heteroatoms. The van der Waals surface area contributed by atoms with Crippen molar-refractivity contribution < 1.29 is 14.7 Å². The zero-order chi connectivity index (χ0) is 14.4. The van der Waals surface area contributed by atoms with Crippen LogP contribution in [0.4, 0.5) is 5.69 Å². The Bertz CT molecular complexity index is 474. The van der Waals surface area contributed by atoms with Crippen LogP contribution in [0.25, 0.3) is 0 Å². The van der Waals surface area contributed by atoms with Crippen LogP contribution in [0.1, 0.15) is 36.3 Å². The first-order chi connectivity index (χ1) is 8.95. The Hall–Kier alpha value is -2.11. The van der Waals surface area contributed by atoms with E-state index in [0.717, 1.165) is 6.42 Å². The summed E-state index contributed by atoms with van der Waals surface area (Å²) in [7, 11) is 0. The smallest absolute Gasteiger partial charge is 0.339 e. The lowest BCUT2D eigenvalue weighted by Crippen LogP contribution is -2.38. The van der Waals surface area contributed by atoms with E-state index in [0.29, 0.717) is 17.9 Å². The molecular formula is C13H19N3O3. The molecule has 0 saturated carbocycles. The quantitative estimate of drug-likeness (QED) is 0.723. The van der Waals surface area contributed by atoms with E-state index in [2.05, 4.69) is 15.6 Å². The number of carbonyl (C=O) groups excluding carboxylic acids is 1. The van der Waals surface area contributed by atoms with E-state index in [4.69, 9.17) is 5.11 Å². The Morgan fingerprint density at radius 1 is 1.47 bits per heavy atom. The van der Waals surface area contributed by atoms with E-state index >= 15 is 0 Å². The number of rotatable bonds is 6. The van der Waals surface area contributed by atoms with Crippen LogP contribution in [-0.4, -0.2) is 34.6 Å². The molecule has 19 heavy (non-hydrogen) atoms. The first kappa shape index (κ1) is 14.9. The second-order valence-electron chi connectivity index (χ2n) is 4.33. The maximum Gasteiger partial charge on any atom is 0.339 e. The van der Waals surface area contributed by atoms with E-state index in [1.165, 1.54) is 6.20 Å². The highest BCUT2D eigenvalue weighted by atomic mass is 16.4. The van der Waals surface area contributed by atoms with E-state index in [1.807, 2.05) is 6.92 Å². The molecule has 104 valence electrons. The van der Waals surface area contributed by atoms with Gasteiger partial charge in [0.25, 0.3) is 0 Å². The number of carboxylic acid groups (broad SMARTS) is 1. The van der Waals surface area contributed by atoms with Crippen molar-refractivity contribution in [3.05, 3.63) is 23.5 Å². The van der Waals surface area contributed by atoms with Crippen molar-refractivity contribution in [2.45, 2.75) is 33.2 Å². The largest absolute Gasteiger partial charge is 0.478 e. The lowest BCUT2D eigenvalue weighted by atomic mass is 10.2. The van der Waals surface area contributed by atoms with E-state index in [1.54, 1.807) is 19.9 Å². The predicted octanol–water partition coefficient (Wildman–Crippen LogP) is 1.41. The Morgan fingerprint density at radius 2 is 2.16 bits per heavy atom. The van der Waals surface area contributed by atoms with Crippen LogP contribution in [0.2, 0.25) is 0 Å². The number of hydrogen-bond donors (Lipinski definition) is 3. The summed E-state index contributed by atoms with van der Waals surface area (Å²) in [4.78, 5) is 26.8. The fourth-order valence-electron chi connectivity index (χ4n) is 1.55. The van der Waals surface area contributed by atoms with Gasteiger partial charge in [-0.15, -0.1) is 0 Å². The van der Waals surface area contributed by atoms with Crippen molar-refractivity contribution in [1.29, 1.82) is 0 Å². The van der Waals surface area contributed by atoms with Gasteiger partial charge in [0.1, 0.15) is 11.6 Å². The fourth-order valence-corrected chi connectivity index (χ4v) is 1.55. The second kappa shape index (κ2) is 6.72. The zero-order valence-corrected chi connectivity index (χ0v) is 11.4. The number of carbonyl (C=O) groups is 2. The molecule has 3 N–H and O–H groups in total. The van der Waals surface area contributed by atoms with Gasteiger partial charge < -0.3 is 15.7 Å². The highest BCUT2D eigenvalue weighted by Gasteiger charge is 2.16. The van der Waals surface area contributed by atoms with Gasteiger partial charge in [-0.3, -0.25) is 9.78 Å². The van der Waals surface area contributed by atoms with Gasteiger partial charge in [-0.25, -0.2) is 4.79 Å².